The SMILES string of the molecule is C[C@H](O)CC[C@@H](Cc1ccc2c(c1)OCO2)[C@H](Cc1ccc2c(c1)OCO2)[C@H](C)O.C[C@H](O)CC[C@H](Cc1ccc2c(c1)OCO2)[C@@H](Cc1ccc2c(c1)OCO2)[C@H](C)O. The molecule has 4 heterocycles. The number of hydrogen-bond donors (Lipinski definition) is 4. The average molecular weight is 829 g/mol. The van der Waals surface area contributed by atoms with Gasteiger partial charge in [0, 0.05) is 0 Å². The molecular formula is C48H60O12. The van der Waals surface area contributed by atoms with Crippen LogP contribution in [0.5, 0.6) is 46.0 Å². The highest BCUT2D eigenvalue weighted by atomic mass is 16.7. The van der Waals surface area contributed by atoms with Gasteiger partial charge in [0.2, 0.25) is 27.2 Å². The lowest BCUT2D eigenvalue weighted by molar-refractivity contribution is 0.0750. The van der Waals surface area contributed by atoms with Crippen LogP contribution in [0.4, 0.5) is 0 Å². The van der Waals surface area contributed by atoms with Gasteiger partial charge in [-0.05, 0) is 174 Å². The molecule has 0 fully saturated rings. The molecule has 12 nitrogen and oxygen atoms in total. The lowest BCUT2D eigenvalue weighted by Crippen LogP contribution is -2.30. The van der Waals surface area contributed by atoms with Crippen LogP contribution in [0, 0.1) is 23.7 Å². The second kappa shape index (κ2) is 20.1. The molecule has 4 aliphatic rings. The van der Waals surface area contributed by atoms with Crippen LogP contribution >= 0.6 is 0 Å². The molecule has 0 unspecified atom stereocenters. The van der Waals surface area contributed by atoms with Crippen LogP contribution in [0.1, 0.15) is 75.6 Å². The first-order valence-corrected chi connectivity index (χ1v) is 21.3. The smallest absolute Gasteiger partial charge is 0.231 e. The van der Waals surface area contributed by atoms with Crippen LogP contribution in [0.3, 0.4) is 0 Å². The van der Waals surface area contributed by atoms with E-state index < -0.39 is 12.2 Å². The fraction of sp³-hybridized carbons (Fsp3) is 0.500. The van der Waals surface area contributed by atoms with Crippen molar-refractivity contribution in [3.8, 4) is 46.0 Å². The molecule has 0 bridgehead atoms. The molecule has 0 spiro atoms. The van der Waals surface area contributed by atoms with Crippen LogP contribution in [0.15, 0.2) is 72.8 Å². The van der Waals surface area contributed by atoms with Gasteiger partial charge in [0.15, 0.2) is 46.0 Å². The number of rotatable bonds is 18. The molecule has 8 atom stereocenters. The lowest BCUT2D eigenvalue weighted by atomic mass is 9.77. The van der Waals surface area contributed by atoms with Crippen molar-refractivity contribution in [1.29, 1.82) is 0 Å². The van der Waals surface area contributed by atoms with Crippen LogP contribution in [-0.2, 0) is 25.7 Å². The van der Waals surface area contributed by atoms with Crippen LogP contribution < -0.4 is 37.9 Å². The Bertz CT molecular complexity index is 1870. The second-order valence-electron chi connectivity index (χ2n) is 16.7. The van der Waals surface area contributed by atoms with Gasteiger partial charge in [-0.3, -0.25) is 0 Å². The highest BCUT2D eigenvalue weighted by Crippen LogP contribution is 2.40. The van der Waals surface area contributed by atoms with Crippen LogP contribution in [-0.4, -0.2) is 72.0 Å². The van der Waals surface area contributed by atoms with Gasteiger partial charge in [-0.1, -0.05) is 24.3 Å². The van der Waals surface area contributed by atoms with E-state index >= 15 is 0 Å². The molecule has 0 saturated carbocycles. The van der Waals surface area contributed by atoms with E-state index in [4.69, 9.17) is 37.9 Å². The molecule has 0 aliphatic carbocycles. The summed E-state index contributed by atoms with van der Waals surface area (Å²) in [7, 11) is 0. The maximum Gasteiger partial charge on any atom is 0.231 e. The number of aliphatic hydroxyl groups excluding tert-OH is 4. The molecule has 0 radical (unpaired) electrons. The van der Waals surface area contributed by atoms with E-state index in [1.807, 2.05) is 88.4 Å². The van der Waals surface area contributed by atoms with E-state index in [1.54, 1.807) is 0 Å². The number of hydrogen-bond acceptors (Lipinski definition) is 12. The molecule has 324 valence electrons. The van der Waals surface area contributed by atoms with Gasteiger partial charge < -0.3 is 58.3 Å². The summed E-state index contributed by atoms with van der Waals surface area (Å²) < 4.78 is 43.8. The van der Waals surface area contributed by atoms with Crippen molar-refractivity contribution in [2.24, 2.45) is 23.7 Å². The Morgan fingerprint density at radius 1 is 0.367 bits per heavy atom. The van der Waals surface area contributed by atoms with Crippen LogP contribution in [0.2, 0.25) is 0 Å². The van der Waals surface area contributed by atoms with Crippen molar-refractivity contribution in [2.75, 3.05) is 27.2 Å². The maximum absolute atomic E-state index is 10.7. The number of benzene rings is 4. The van der Waals surface area contributed by atoms with Crippen molar-refractivity contribution in [3.05, 3.63) is 95.1 Å². The summed E-state index contributed by atoms with van der Waals surface area (Å²) in [5.41, 5.74) is 4.51. The Hall–Kier alpha value is -4.88. The summed E-state index contributed by atoms with van der Waals surface area (Å²) in [6.45, 7) is 8.34. The van der Waals surface area contributed by atoms with Crippen LogP contribution in [0.25, 0.3) is 0 Å². The summed E-state index contributed by atoms with van der Waals surface area (Å²) in [5.74, 6) is 6.59. The van der Waals surface area contributed by atoms with Crippen molar-refractivity contribution < 1.29 is 58.3 Å². The Labute approximate surface area is 352 Å². The molecule has 8 rings (SSSR count). The van der Waals surface area contributed by atoms with Gasteiger partial charge in [0.1, 0.15) is 0 Å². The molecule has 4 N–H and O–H groups in total. The molecule has 0 aromatic heterocycles. The molecular weight excluding hydrogens is 769 g/mol. The molecule has 4 aromatic rings. The van der Waals surface area contributed by atoms with Gasteiger partial charge in [-0.15, -0.1) is 0 Å². The summed E-state index contributed by atoms with van der Waals surface area (Å²) in [6, 6.07) is 24.0. The zero-order chi connectivity index (χ0) is 42.2. The fourth-order valence-corrected chi connectivity index (χ4v) is 8.73. The number of aliphatic hydroxyl groups is 4. The minimum Gasteiger partial charge on any atom is -0.454 e. The Morgan fingerprint density at radius 2 is 0.633 bits per heavy atom. The van der Waals surface area contributed by atoms with Gasteiger partial charge in [0.25, 0.3) is 0 Å². The Kier molecular flexibility index (Phi) is 14.5. The minimum absolute atomic E-state index is 0.0366. The second-order valence-corrected chi connectivity index (χ2v) is 16.7. The van der Waals surface area contributed by atoms with Gasteiger partial charge in [0.05, 0.1) is 24.4 Å². The standard InChI is InChI=1S/2C24H30O6/c2*1-15(25)3-6-19(9-17-4-7-21-23(11-17)29-13-27-21)20(16(2)26)10-18-5-8-22-24(12-18)30-14-28-22/h2*4-5,7-8,11-12,15-16,19-20,25-26H,3,6,9-10,13-14H2,1-2H3/t15-,16-,19+,20-;15-,16-,19-,20+/m00/s1. The van der Waals surface area contributed by atoms with Crippen molar-refractivity contribution >= 4 is 0 Å². The molecule has 12 heteroatoms. The predicted octanol–water partition coefficient (Wildman–Crippen LogP) is 7.41. The third-order valence-electron chi connectivity index (χ3n) is 12.0. The van der Waals surface area contributed by atoms with Gasteiger partial charge in [-0.2, -0.15) is 0 Å². The van der Waals surface area contributed by atoms with E-state index in [0.29, 0.717) is 12.8 Å². The minimum atomic E-state index is -0.483. The quantitative estimate of drug-likeness (QED) is 0.0790. The summed E-state index contributed by atoms with van der Waals surface area (Å²) in [5, 5.41) is 41.1. The third-order valence-corrected chi connectivity index (χ3v) is 12.0. The van der Waals surface area contributed by atoms with Crippen molar-refractivity contribution in [1.82, 2.24) is 0 Å². The highest BCUT2D eigenvalue weighted by molar-refractivity contribution is 5.47. The Morgan fingerprint density at radius 3 is 0.900 bits per heavy atom. The predicted molar refractivity (Wildman–Crippen MR) is 224 cm³/mol. The maximum atomic E-state index is 10.7. The topological polar surface area (TPSA) is 155 Å². The first kappa shape index (κ1) is 43.2. The van der Waals surface area contributed by atoms with Crippen molar-refractivity contribution in [3.63, 3.8) is 0 Å². The summed E-state index contributed by atoms with van der Waals surface area (Å²) in [4.78, 5) is 0. The molecule has 0 amide bonds. The first-order valence-electron chi connectivity index (χ1n) is 21.3. The summed E-state index contributed by atoms with van der Waals surface area (Å²) >= 11 is 0. The number of ether oxygens (including phenoxy) is 8. The van der Waals surface area contributed by atoms with E-state index in [0.717, 1.165) is 107 Å². The first-order chi connectivity index (χ1) is 29.0. The van der Waals surface area contributed by atoms with E-state index in [2.05, 4.69) is 12.1 Å². The van der Waals surface area contributed by atoms with E-state index in [-0.39, 0.29) is 63.1 Å². The van der Waals surface area contributed by atoms with Gasteiger partial charge in [-0.25, -0.2) is 0 Å². The molecule has 60 heavy (non-hydrogen) atoms. The Balaban J connectivity index is 0.000000181. The third kappa shape index (κ3) is 11.3. The number of fused-ring (bicyclic) bond motifs is 4. The zero-order valence-corrected chi connectivity index (χ0v) is 35.1. The molecule has 0 saturated heterocycles. The normalized spacial score (nSPS) is 18.1. The lowest BCUT2D eigenvalue weighted by Gasteiger charge is -2.30. The van der Waals surface area contributed by atoms with E-state index in [1.165, 1.54) is 0 Å². The molecule has 4 aliphatic heterocycles. The largest absolute Gasteiger partial charge is 0.454 e. The summed E-state index contributed by atoms with van der Waals surface area (Å²) in [6.07, 6.45) is 4.37. The van der Waals surface area contributed by atoms with Gasteiger partial charge >= 0.3 is 0 Å². The average Bonchev–Trinajstić information content (AvgIpc) is 4.06. The highest BCUT2D eigenvalue weighted by Gasteiger charge is 2.30. The van der Waals surface area contributed by atoms with Crippen molar-refractivity contribution in [2.45, 2.75) is 103 Å². The fourth-order valence-electron chi connectivity index (χ4n) is 8.73. The zero-order valence-electron chi connectivity index (χ0n) is 35.1. The van der Waals surface area contributed by atoms with E-state index in [9.17, 15) is 20.4 Å². The monoisotopic (exact) mass is 828 g/mol. The molecule has 4 aromatic carbocycles.